The predicted molar refractivity (Wildman–Crippen MR) is 69.5 cm³/mol. The number of unbranched alkanes of at least 4 members (excludes halogenated alkanes) is 1. The fourth-order valence-electron chi connectivity index (χ4n) is 1.83. The van der Waals surface area contributed by atoms with Crippen LogP contribution in [0.2, 0.25) is 0 Å². The number of nitrogens with one attached hydrogen (secondary N) is 2. The Morgan fingerprint density at radius 1 is 1.12 bits per heavy atom. The Kier molecular flexibility index (Phi) is 10.5. The van der Waals surface area contributed by atoms with Crippen molar-refractivity contribution in [3.05, 3.63) is 0 Å². The van der Waals surface area contributed by atoms with E-state index in [4.69, 9.17) is 0 Å². The van der Waals surface area contributed by atoms with Crippen LogP contribution in [-0.2, 0) is 4.79 Å². The van der Waals surface area contributed by atoms with Gasteiger partial charge in [0.25, 0.3) is 0 Å². The van der Waals surface area contributed by atoms with Crippen molar-refractivity contribution in [3.8, 4) is 0 Å². The summed E-state index contributed by atoms with van der Waals surface area (Å²) in [6.07, 6.45) is 7.89. The van der Waals surface area contributed by atoms with E-state index in [-0.39, 0.29) is 5.91 Å². The maximum Gasteiger partial charge on any atom is 0.219 e. The Bertz CT molecular complexity index is 171. The van der Waals surface area contributed by atoms with Gasteiger partial charge in [-0.05, 0) is 25.8 Å². The van der Waals surface area contributed by atoms with Crippen molar-refractivity contribution in [1.82, 2.24) is 10.6 Å². The second-order valence-corrected chi connectivity index (χ2v) is 4.36. The van der Waals surface area contributed by atoms with Crippen molar-refractivity contribution >= 4 is 5.91 Å². The number of carbonyl (C=O) groups is 1. The maximum absolute atomic E-state index is 11.0. The predicted octanol–water partition coefficient (Wildman–Crippen LogP) is 2.46. The number of rotatable bonds is 10. The zero-order chi connectivity index (χ0) is 12.2. The molecular weight excluding hydrogens is 200 g/mol. The van der Waals surface area contributed by atoms with Crippen molar-refractivity contribution in [2.24, 2.45) is 0 Å². The van der Waals surface area contributed by atoms with Crippen LogP contribution in [0.3, 0.4) is 0 Å². The van der Waals surface area contributed by atoms with Crippen LogP contribution >= 0.6 is 0 Å². The summed E-state index contributed by atoms with van der Waals surface area (Å²) in [5.74, 6) is 0.141. The minimum absolute atomic E-state index is 0.141. The number of amides is 1. The van der Waals surface area contributed by atoms with E-state index in [1.165, 1.54) is 32.1 Å². The third kappa shape index (κ3) is 8.72. The summed E-state index contributed by atoms with van der Waals surface area (Å²) >= 11 is 0. The van der Waals surface area contributed by atoms with Gasteiger partial charge in [-0.1, -0.05) is 33.1 Å². The smallest absolute Gasteiger partial charge is 0.219 e. The zero-order valence-electron chi connectivity index (χ0n) is 11.1. The molecule has 16 heavy (non-hydrogen) atoms. The fraction of sp³-hybridized carbons (Fsp3) is 0.923. The highest BCUT2D eigenvalue weighted by molar-refractivity contribution is 5.75. The molecule has 96 valence electrons. The van der Waals surface area contributed by atoms with Crippen molar-refractivity contribution in [2.45, 2.75) is 64.8 Å². The molecule has 3 heteroatoms. The van der Waals surface area contributed by atoms with Crippen LogP contribution in [0.4, 0.5) is 0 Å². The monoisotopic (exact) mass is 228 g/mol. The molecule has 0 aromatic rings. The number of hydrogen-bond donors (Lipinski definition) is 2. The van der Waals surface area contributed by atoms with E-state index in [0.29, 0.717) is 12.5 Å². The summed E-state index contributed by atoms with van der Waals surface area (Å²) in [6, 6.07) is 0.648. The number of carbonyl (C=O) groups excluding carboxylic acids is 1. The largest absolute Gasteiger partial charge is 0.359 e. The highest BCUT2D eigenvalue weighted by atomic mass is 16.1. The molecule has 0 heterocycles. The summed E-state index contributed by atoms with van der Waals surface area (Å²) in [7, 11) is 1.69. The molecule has 0 aliphatic heterocycles. The van der Waals surface area contributed by atoms with Gasteiger partial charge in [-0.2, -0.15) is 0 Å². The zero-order valence-corrected chi connectivity index (χ0v) is 11.1. The molecule has 3 nitrogen and oxygen atoms in total. The van der Waals surface area contributed by atoms with E-state index < -0.39 is 0 Å². The van der Waals surface area contributed by atoms with Crippen molar-refractivity contribution in [3.63, 3.8) is 0 Å². The van der Waals surface area contributed by atoms with Crippen LogP contribution in [-0.4, -0.2) is 25.5 Å². The van der Waals surface area contributed by atoms with Crippen molar-refractivity contribution in [1.29, 1.82) is 0 Å². The molecule has 0 fully saturated rings. The van der Waals surface area contributed by atoms with Gasteiger partial charge in [0.2, 0.25) is 5.91 Å². The van der Waals surface area contributed by atoms with E-state index in [2.05, 4.69) is 24.5 Å². The first-order chi connectivity index (χ1) is 7.74. The van der Waals surface area contributed by atoms with Crippen LogP contribution in [0, 0.1) is 0 Å². The summed E-state index contributed by atoms with van der Waals surface area (Å²) in [5, 5.41) is 6.20. The van der Waals surface area contributed by atoms with Gasteiger partial charge >= 0.3 is 0 Å². The third-order valence-electron chi connectivity index (χ3n) is 2.84. The Labute approximate surface area is 100 Å². The van der Waals surface area contributed by atoms with Crippen LogP contribution in [0.5, 0.6) is 0 Å². The van der Waals surface area contributed by atoms with Gasteiger partial charge in [-0.3, -0.25) is 4.79 Å². The fourth-order valence-corrected chi connectivity index (χ4v) is 1.83. The molecule has 0 radical (unpaired) electrons. The molecule has 0 bridgehead atoms. The van der Waals surface area contributed by atoms with Gasteiger partial charge < -0.3 is 10.6 Å². The normalized spacial score (nSPS) is 12.4. The van der Waals surface area contributed by atoms with Gasteiger partial charge in [-0.15, -0.1) is 0 Å². The topological polar surface area (TPSA) is 41.1 Å². The van der Waals surface area contributed by atoms with Gasteiger partial charge in [0, 0.05) is 19.5 Å². The second-order valence-electron chi connectivity index (χ2n) is 4.36. The molecule has 1 unspecified atom stereocenters. The molecule has 1 atom stereocenters. The summed E-state index contributed by atoms with van der Waals surface area (Å²) in [6.45, 7) is 5.42. The van der Waals surface area contributed by atoms with Gasteiger partial charge in [0.1, 0.15) is 0 Å². The lowest BCUT2D eigenvalue weighted by molar-refractivity contribution is -0.120. The lowest BCUT2D eigenvalue weighted by atomic mass is 10.1. The van der Waals surface area contributed by atoms with E-state index in [1.807, 2.05) is 0 Å². The average molecular weight is 228 g/mol. The Morgan fingerprint density at radius 3 is 2.44 bits per heavy atom. The Hall–Kier alpha value is -0.570. The molecule has 0 saturated heterocycles. The quantitative estimate of drug-likeness (QED) is 0.564. The maximum atomic E-state index is 11.0. The Morgan fingerprint density at radius 2 is 1.88 bits per heavy atom. The first-order valence-electron chi connectivity index (χ1n) is 6.68. The van der Waals surface area contributed by atoms with Crippen LogP contribution in [0.1, 0.15) is 58.8 Å². The lowest BCUT2D eigenvalue weighted by Gasteiger charge is -2.17. The molecule has 0 rings (SSSR count). The third-order valence-corrected chi connectivity index (χ3v) is 2.84. The minimum Gasteiger partial charge on any atom is -0.359 e. The molecule has 1 amide bonds. The molecule has 0 aromatic carbocycles. The van der Waals surface area contributed by atoms with Gasteiger partial charge in [0.15, 0.2) is 0 Å². The van der Waals surface area contributed by atoms with Crippen molar-refractivity contribution < 1.29 is 4.79 Å². The van der Waals surface area contributed by atoms with E-state index >= 15 is 0 Å². The summed E-state index contributed by atoms with van der Waals surface area (Å²) in [4.78, 5) is 11.0. The molecule has 0 aliphatic carbocycles. The minimum atomic E-state index is 0.141. The molecule has 0 saturated carbocycles. The highest BCUT2D eigenvalue weighted by Gasteiger charge is 2.06. The van der Waals surface area contributed by atoms with E-state index in [0.717, 1.165) is 13.0 Å². The van der Waals surface area contributed by atoms with Crippen LogP contribution < -0.4 is 10.6 Å². The molecular formula is C13H28N2O. The first-order valence-corrected chi connectivity index (χ1v) is 6.68. The van der Waals surface area contributed by atoms with Gasteiger partial charge in [-0.25, -0.2) is 0 Å². The second kappa shape index (κ2) is 10.9. The van der Waals surface area contributed by atoms with E-state index in [9.17, 15) is 4.79 Å². The molecule has 0 spiro atoms. The lowest BCUT2D eigenvalue weighted by Crippen LogP contribution is -2.30. The molecule has 0 aliphatic rings. The SMILES string of the molecule is CCCCC(CCC)NCCCC(=O)NC. The summed E-state index contributed by atoms with van der Waals surface area (Å²) < 4.78 is 0. The van der Waals surface area contributed by atoms with E-state index in [1.54, 1.807) is 7.05 Å². The van der Waals surface area contributed by atoms with Gasteiger partial charge in [0.05, 0.1) is 0 Å². The molecule has 2 N–H and O–H groups in total. The Balaban J connectivity index is 3.54. The highest BCUT2D eigenvalue weighted by Crippen LogP contribution is 2.06. The number of hydrogen-bond acceptors (Lipinski definition) is 2. The molecule has 0 aromatic heterocycles. The van der Waals surface area contributed by atoms with Crippen LogP contribution in [0.25, 0.3) is 0 Å². The first kappa shape index (κ1) is 15.4. The summed E-state index contributed by atoms with van der Waals surface area (Å²) in [5.41, 5.74) is 0. The standard InChI is InChI=1S/C13H28N2O/c1-4-6-9-12(8-5-2)15-11-7-10-13(16)14-3/h12,15H,4-11H2,1-3H3,(H,14,16). The van der Waals surface area contributed by atoms with Crippen molar-refractivity contribution in [2.75, 3.05) is 13.6 Å². The average Bonchev–Trinajstić information content (AvgIpc) is 2.30. The van der Waals surface area contributed by atoms with Crippen LogP contribution in [0.15, 0.2) is 0 Å².